The second kappa shape index (κ2) is 8.40. The molecule has 6 nitrogen and oxygen atoms in total. The Labute approximate surface area is 184 Å². The van der Waals surface area contributed by atoms with Gasteiger partial charge in [-0.15, -0.1) is 0 Å². The summed E-state index contributed by atoms with van der Waals surface area (Å²) in [6, 6.07) is 0. The first-order chi connectivity index (χ1) is 15.0. The molecular formula is C25H36O6. The van der Waals surface area contributed by atoms with Gasteiger partial charge in [-0.2, -0.15) is 0 Å². The Bertz CT molecular complexity index is 704. The molecule has 4 bridgehead atoms. The number of rotatable bonds is 6. The van der Waals surface area contributed by atoms with Gasteiger partial charge >= 0.3 is 17.9 Å². The molecule has 6 fully saturated rings. The van der Waals surface area contributed by atoms with E-state index < -0.39 is 17.9 Å². The van der Waals surface area contributed by atoms with Crippen molar-refractivity contribution < 1.29 is 28.6 Å². The summed E-state index contributed by atoms with van der Waals surface area (Å²) in [5.74, 6) is 1.17. The third-order valence-corrected chi connectivity index (χ3v) is 9.10. The fraction of sp³-hybridized carbons (Fsp3) is 0.880. The molecule has 6 aliphatic rings. The zero-order valence-electron chi connectivity index (χ0n) is 18.8. The fourth-order valence-electron chi connectivity index (χ4n) is 7.88. The molecule has 5 saturated carbocycles. The molecule has 1 saturated heterocycles. The van der Waals surface area contributed by atoms with Crippen LogP contribution in [-0.4, -0.2) is 36.7 Å². The minimum Gasteiger partial charge on any atom is -0.462 e. The number of cyclic esters (lactones) is 1. The zero-order valence-corrected chi connectivity index (χ0v) is 18.8. The maximum atomic E-state index is 13.6. The van der Waals surface area contributed by atoms with Crippen LogP contribution >= 0.6 is 0 Å². The van der Waals surface area contributed by atoms with E-state index in [0.717, 1.165) is 31.1 Å². The molecule has 6 heteroatoms. The van der Waals surface area contributed by atoms with E-state index in [0.29, 0.717) is 11.8 Å². The molecule has 0 N–H and O–H groups in total. The number of carbonyl (C=O) groups is 3. The Morgan fingerprint density at radius 3 is 1.87 bits per heavy atom. The van der Waals surface area contributed by atoms with Gasteiger partial charge in [0.1, 0.15) is 18.8 Å². The van der Waals surface area contributed by atoms with Gasteiger partial charge in [0.2, 0.25) is 0 Å². The first kappa shape index (κ1) is 21.3. The van der Waals surface area contributed by atoms with E-state index in [-0.39, 0.29) is 48.9 Å². The Kier molecular flexibility index (Phi) is 5.76. The predicted octanol–water partition coefficient (Wildman–Crippen LogP) is 3.90. The number of carbonyl (C=O) groups excluding carboxylic acids is 3. The van der Waals surface area contributed by atoms with Gasteiger partial charge in [-0.3, -0.25) is 14.4 Å². The van der Waals surface area contributed by atoms with Crippen LogP contribution in [0.3, 0.4) is 0 Å². The van der Waals surface area contributed by atoms with Crippen LogP contribution in [0, 0.1) is 47.3 Å². The highest BCUT2D eigenvalue weighted by molar-refractivity contribution is 5.84. The van der Waals surface area contributed by atoms with Crippen molar-refractivity contribution in [2.24, 2.45) is 47.3 Å². The molecule has 5 unspecified atom stereocenters. The van der Waals surface area contributed by atoms with E-state index in [4.69, 9.17) is 14.2 Å². The van der Waals surface area contributed by atoms with Crippen LogP contribution in [0.15, 0.2) is 0 Å². The van der Waals surface area contributed by atoms with E-state index in [1.165, 1.54) is 32.1 Å². The maximum Gasteiger partial charge on any atom is 0.310 e. The smallest absolute Gasteiger partial charge is 0.310 e. The van der Waals surface area contributed by atoms with Crippen LogP contribution in [0.25, 0.3) is 0 Å². The van der Waals surface area contributed by atoms with Gasteiger partial charge in [-0.1, -0.05) is 26.7 Å². The molecule has 0 amide bonds. The molecule has 6 rings (SSSR count). The molecule has 1 aliphatic heterocycles. The van der Waals surface area contributed by atoms with Gasteiger partial charge in [0.05, 0.1) is 18.3 Å². The molecule has 0 aromatic heterocycles. The summed E-state index contributed by atoms with van der Waals surface area (Å²) in [5, 5.41) is 0. The van der Waals surface area contributed by atoms with Crippen molar-refractivity contribution in [3.63, 3.8) is 0 Å². The Hall–Kier alpha value is -1.59. The fourth-order valence-corrected chi connectivity index (χ4v) is 7.88. The van der Waals surface area contributed by atoms with Crippen molar-refractivity contribution in [2.45, 2.75) is 83.8 Å². The number of hydrogen-bond donors (Lipinski definition) is 0. The third-order valence-electron chi connectivity index (χ3n) is 9.10. The lowest BCUT2D eigenvalue weighted by Crippen LogP contribution is -2.51. The standard InChI is InChI=1S/C25H36O6/c1-3-15-10-16(4-2)22(21(15)24(27)30-19-11-20(26)29-12-19)25(28)31-23-17-6-13-5-14(8-17)9-18(23)7-13/h13-19,21-23H,3-12H2,1-2H3. The van der Waals surface area contributed by atoms with E-state index in [1.54, 1.807) is 0 Å². The van der Waals surface area contributed by atoms with Gasteiger partial charge in [-0.05, 0) is 74.0 Å². The minimum absolute atomic E-state index is 0.0380. The Balaban J connectivity index is 1.31. The highest BCUT2D eigenvalue weighted by Crippen LogP contribution is 2.55. The van der Waals surface area contributed by atoms with Crippen LogP contribution in [-0.2, 0) is 28.6 Å². The first-order valence-electron chi connectivity index (χ1n) is 12.5. The van der Waals surface area contributed by atoms with E-state index in [2.05, 4.69) is 13.8 Å². The van der Waals surface area contributed by atoms with Crippen LogP contribution in [0.4, 0.5) is 0 Å². The zero-order chi connectivity index (χ0) is 21.7. The largest absolute Gasteiger partial charge is 0.462 e. The molecule has 0 aromatic rings. The summed E-state index contributed by atoms with van der Waals surface area (Å²) in [6.45, 7) is 4.29. The summed E-state index contributed by atoms with van der Waals surface area (Å²) < 4.78 is 16.9. The average molecular weight is 433 g/mol. The predicted molar refractivity (Wildman–Crippen MR) is 112 cm³/mol. The minimum atomic E-state index is -0.528. The average Bonchev–Trinajstić information content (AvgIpc) is 3.32. The van der Waals surface area contributed by atoms with Gasteiger partial charge in [0, 0.05) is 0 Å². The Morgan fingerprint density at radius 1 is 0.839 bits per heavy atom. The number of esters is 3. The summed E-state index contributed by atoms with van der Waals surface area (Å²) in [5.41, 5.74) is 0. The summed E-state index contributed by atoms with van der Waals surface area (Å²) in [7, 11) is 0. The molecule has 1 heterocycles. The molecule has 0 aromatic carbocycles. The van der Waals surface area contributed by atoms with Crippen LogP contribution < -0.4 is 0 Å². The quantitative estimate of drug-likeness (QED) is 0.468. The summed E-state index contributed by atoms with van der Waals surface area (Å²) >= 11 is 0. The number of hydrogen-bond acceptors (Lipinski definition) is 6. The van der Waals surface area contributed by atoms with Crippen molar-refractivity contribution in [2.75, 3.05) is 6.61 Å². The molecule has 5 aliphatic carbocycles. The first-order valence-corrected chi connectivity index (χ1v) is 12.5. The maximum absolute atomic E-state index is 13.6. The van der Waals surface area contributed by atoms with Gasteiger partial charge in [-0.25, -0.2) is 0 Å². The lowest BCUT2D eigenvalue weighted by Gasteiger charge is -2.53. The summed E-state index contributed by atoms with van der Waals surface area (Å²) in [6.07, 6.45) is 8.33. The van der Waals surface area contributed by atoms with Crippen molar-refractivity contribution in [3.8, 4) is 0 Å². The van der Waals surface area contributed by atoms with Gasteiger partial charge in [0.15, 0.2) is 0 Å². The number of ether oxygens (including phenoxy) is 3. The monoisotopic (exact) mass is 432 g/mol. The van der Waals surface area contributed by atoms with Crippen molar-refractivity contribution >= 4 is 17.9 Å². The lowest BCUT2D eigenvalue weighted by molar-refractivity contribution is -0.182. The van der Waals surface area contributed by atoms with Gasteiger partial charge < -0.3 is 14.2 Å². The van der Waals surface area contributed by atoms with Crippen LogP contribution in [0.2, 0.25) is 0 Å². The molecule has 5 atom stereocenters. The highest BCUT2D eigenvalue weighted by atomic mass is 16.6. The molecule has 0 spiro atoms. The van der Waals surface area contributed by atoms with Crippen molar-refractivity contribution in [3.05, 3.63) is 0 Å². The molecule has 172 valence electrons. The van der Waals surface area contributed by atoms with Crippen LogP contribution in [0.5, 0.6) is 0 Å². The molecule has 31 heavy (non-hydrogen) atoms. The van der Waals surface area contributed by atoms with E-state index in [9.17, 15) is 14.4 Å². The van der Waals surface area contributed by atoms with E-state index >= 15 is 0 Å². The highest BCUT2D eigenvalue weighted by Gasteiger charge is 2.54. The molecular weight excluding hydrogens is 396 g/mol. The second-order valence-electron chi connectivity index (χ2n) is 10.9. The Morgan fingerprint density at radius 2 is 1.39 bits per heavy atom. The van der Waals surface area contributed by atoms with Crippen molar-refractivity contribution in [1.82, 2.24) is 0 Å². The SMILES string of the molecule is CCC1CC(CC)C(C(=O)OC2C3CC4CC(C3)CC2C4)C1C(=O)OC1COC(=O)C1. The third kappa shape index (κ3) is 3.89. The summed E-state index contributed by atoms with van der Waals surface area (Å²) in [4.78, 5) is 38.2. The topological polar surface area (TPSA) is 78.9 Å². The van der Waals surface area contributed by atoms with Crippen LogP contribution in [0.1, 0.15) is 71.6 Å². The normalized spacial score (nSPS) is 45.5. The van der Waals surface area contributed by atoms with E-state index in [1.807, 2.05) is 0 Å². The second-order valence-corrected chi connectivity index (χ2v) is 10.9. The lowest BCUT2D eigenvalue weighted by atomic mass is 9.55. The molecule has 0 radical (unpaired) electrons. The van der Waals surface area contributed by atoms with Crippen molar-refractivity contribution in [1.29, 1.82) is 0 Å². The van der Waals surface area contributed by atoms with Gasteiger partial charge in [0.25, 0.3) is 0 Å².